The molecular formula is C21H25N4O4+. The number of rotatable bonds is 7. The summed E-state index contributed by atoms with van der Waals surface area (Å²) in [6.45, 7) is 4.15. The van der Waals surface area contributed by atoms with Crippen LogP contribution in [0.15, 0.2) is 54.6 Å². The highest BCUT2D eigenvalue weighted by atomic mass is 16.6. The number of amides is 2. The van der Waals surface area contributed by atoms with Gasteiger partial charge in [-0.05, 0) is 12.1 Å². The number of hydrogen-bond donors (Lipinski definition) is 2. The first-order valence-electron chi connectivity index (χ1n) is 9.71. The molecule has 0 aliphatic carbocycles. The molecule has 3 rings (SSSR count). The molecule has 2 N–H and O–H groups in total. The third kappa shape index (κ3) is 6.11. The lowest BCUT2D eigenvalue weighted by Gasteiger charge is -2.32. The molecule has 1 aliphatic heterocycles. The summed E-state index contributed by atoms with van der Waals surface area (Å²) in [5.74, 6) is -0.289. The summed E-state index contributed by atoms with van der Waals surface area (Å²) >= 11 is 0. The van der Waals surface area contributed by atoms with Gasteiger partial charge in [-0.25, -0.2) is 0 Å². The minimum atomic E-state index is -0.494. The van der Waals surface area contributed by atoms with Gasteiger partial charge in [0.1, 0.15) is 6.54 Å². The summed E-state index contributed by atoms with van der Waals surface area (Å²) in [6.07, 6.45) is 0.250. The average Bonchev–Trinajstić information content (AvgIpc) is 2.74. The maximum atomic E-state index is 12.4. The van der Waals surface area contributed by atoms with Crippen molar-refractivity contribution in [3.8, 4) is 0 Å². The summed E-state index contributed by atoms with van der Waals surface area (Å²) < 4.78 is 0. The van der Waals surface area contributed by atoms with Gasteiger partial charge in [0, 0.05) is 36.2 Å². The van der Waals surface area contributed by atoms with Gasteiger partial charge in [-0.2, -0.15) is 0 Å². The monoisotopic (exact) mass is 397 g/mol. The molecule has 0 radical (unpaired) electrons. The number of nitro groups is 1. The van der Waals surface area contributed by atoms with Crippen LogP contribution in [0.3, 0.4) is 0 Å². The number of hydrogen-bond acceptors (Lipinski definition) is 4. The topological polar surface area (TPSA) is 97.0 Å². The summed E-state index contributed by atoms with van der Waals surface area (Å²) in [7, 11) is 0. The molecule has 1 heterocycles. The first-order chi connectivity index (χ1) is 14.0. The second kappa shape index (κ2) is 9.79. The van der Waals surface area contributed by atoms with E-state index in [9.17, 15) is 19.7 Å². The van der Waals surface area contributed by atoms with Crippen LogP contribution >= 0.6 is 0 Å². The van der Waals surface area contributed by atoms with Gasteiger partial charge in [-0.15, -0.1) is 0 Å². The summed E-state index contributed by atoms with van der Waals surface area (Å²) in [5, 5.41) is 13.3. The largest absolute Gasteiger partial charge is 0.331 e. The zero-order valence-corrected chi connectivity index (χ0v) is 16.2. The second-order valence-electron chi connectivity index (χ2n) is 7.15. The molecule has 0 aromatic heterocycles. The smallest absolute Gasteiger partial charge is 0.269 e. The van der Waals surface area contributed by atoms with Gasteiger partial charge in [-0.3, -0.25) is 19.7 Å². The first kappa shape index (κ1) is 20.5. The molecule has 1 saturated heterocycles. The number of non-ortho nitro benzene ring substituents is 1. The predicted octanol–water partition coefficient (Wildman–Crippen LogP) is 1.24. The van der Waals surface area contributed by atoms with Crippen LogP contribution in [0.25, 0.3) is 0 Å². The minimum absolute atomic E-state index is 0.0115. The number of benzene rings is 2. The lowest BCUT2D eigenvalue weighted by atomic mass is 10.2. The molecule has 152 valence electrons. The fraction of sp³-hybridized carbons (Fsp3) is 0.333. The van der Waals surface area contributed by atoms with Crippen molar-refractivity contribution in [1.29, 1.82) is 0 Å². The second-order valence-corrected chi connectivity index (χ2v) is 7.15. The number of piperazine rings is 1. The van der Waals surface area contributed by atoms with Crippen molar-refractivity contribution in [3.63, 3.8) is 0 Å². The average molecular weight is 397 g/mol. The van der Waals surface area contributed by atoms with Crippen molar-refractivity contribution in [2.24, 2.45) is 0 Å². The normalized spacial score (nSPS) is 14.4. The van der Waals surface area contributed by atoms with Crippen molar-refractivity contribution in [2.75, 3.05) is 31.5 Å². The lowest BCUT2D eigenvalue weighted by Crippen LogP contribution is -3.13. The highest BCUT2D eigenvalue weighted by Crippen LogP contribution is 2.15. The van der Waals surface area contributed by atoms with Crippen LogP contribution in [0.2, 0.25) is 0 Å². The van der Waals surface area contributed by atoms with E-state index < -0.39 is 4.92 Å². The Morgan fingerprint density at radius 1 is 1.00 bits per heavy atom. The third-order valence-corrected chi connectivity index (χ3v) is 5.05. The van der Waals surface area contributed by atoms with E-state index in [1.54, 1.807) is 0 Å². The third-order valence-electron chi connectivity index (χ3n) is 5.05. The molecule has 8 heteroatoms. The summed E-state index contributed by atoms with van der Waals surface area (Å²) in [5.41, 5.74) is 1.74. The SMILES string of the molecule is O=C(CCC(=O)N1CC[NH+](Cc2ccccc2)CC1)Nc1ccc([N+](=O)[O-])cc1. The molecule has 0 unspecified atom stereocenters. The van der Waals surface area contributed by atoms with E-state index in [0.29, 0.717) is 18.8 Å². The number of nitro benzene ring substituents is 1. The molecular weight excluding hydrogens is 372 g/mol. The maximum absolute atomic E-state index is 12.4. The van der Waals surface area contributed by atoms with Crippen LogP contribution in [0.4, 0.5) is 11.4 Å². The van der Waals surface area contributed by atoms with Gasteiger partial charge in [0.05, 0.1) is 31.1 Å². The number of quaternary nitrogens is 1. The van der Waals surface area contributed by atoms with Gasteiger partial charge in [-0.1, -0.05) is 30.3 Å². The highest BCUT2D eigenvalue weighted by molar-refractivity contribution is 5.93. The summed E-state index contributed by atoms with van der Waals surface area (Å²) in [4.78, 5) is 37.9. The number of carbonyl (C=O) groups excluding carboxylic acids is 2. The van der Waals surface area contributed by atoms with Gasteiger partial charge < -0.3 is 15.1 Å². The van der Waals surface area contributed by atoms with Crippen LogP contribution in [0, 0.1) is 10.1 Å². The molecule has 2 aromatic rings. The molecule has 8 nitrogen and oxygen atoms in total. The van der Waals surface area contributed by atoms with Crippen molar-refractivity contribution in [3.05, 3.63) is 70.3 Å². The van der Waals surface area contributed by atoms with E-state index in [4.69, 9.17) is 0 Å². The number of anilines is 1. The van der Waals surface area contributed by atoms with E-state index >= 15 is 0 Å². The molecule has 0 saturated carbocycles. The fourth-order valence-electron chi connectivity index (χ4n) is 3.40. The maximum Gasteiger partial charge on any atom is 0.269 e. The van der Waals surface area contributed by atoms with Crippen LogP contribution in [0.5, 0.6) is 0 Å². The van der Waals surface area contributed by atoms with Crippen molar-refractivity contribution in [2.45, 2.75) is 19.4 Å². The molecule has 2 amide bonds. The van der Waals surface area contributed by atoms with Gasteiger partial charge >= 0.3 is 0 Å². The Kier molecular flexibility index (Phi) is 6.91. The van der Waals surface area contributed by atoms with Crippen molar-refractivity contribution < 1.29 is 19.4 Å². The summed E-state index contributed by atoms with van der Waals surface area (Å²) in [6, 6.07) is 15.9. The Morgan fingerprint density at radius 3 is 2.28 bits per heavy atom. The van der Waals surface area contributed by atoms with E-state index in [1.165, 1.54) is 34.7 Å². The number of nitrogens with zero attached hydrogens (tertiary/aromatic N) is 2. The standard InChI is InChI=1S/C21H24N4O4/c26-20(22-18-6-8-19(9-7-18)25(28)29)10-11-21(27)24-14-12-23(13-15-24)16-17-4-2-1-3-5-17/h1-9H,10-16H2,(H,22,26)/p+1. The number of nitrogens with one attached hydrogen (secondary N) is 2. The molecule has 29 heavy (non-hydrogen) atoms. The van der Waals surface area contributed by atoms with Crippen molar-refractivity contribution >= 4 is 23.2 Å². The Morgan fingerprint density at radius 2 is 1.66 bits per heavy atom. The van der Waals surface area contributed by atoms with Crippen LogP contribution in [0.1, 0.15) is 18.4 Å². The zero-order chi connectivity index (χ0) is 20.6. The Balaban J connectivity index is 1.38. The van der Waals surface area contributed by atoms with Gasteiger partial charge in [0.15, 0.2) is 0 Å². The highest BCUT2D eigenvalue weighted by Gasteiger charge is 2.24. The van der Waals surface area contributed by atoms with E-state index in [2.05, 4.69) is 17.4 Å². The molecule has 0 bridgehead atoms. The Labute approximate surface area is 169 Å². The predicted molar refractivity (Wildman–Crippen MR) is 108 cm³/mol. The van der Waals surface area contributed by atoms with Gasteiger partial charge in [0.2, 0.25) is 11.8 Å². The lowest BCUT2D eigenvalue weighted by molar-refractivity contribution is -0.917. The Hall–Kier alpha value is -3.26. The van der Waals surface area contributed by atoms with Crippen LogP contribution < -0.4 is 10.2 Å². The van der Waals surface area contributed by atoms with E-state index in [0.717, 1.165) is 19.6 Å². The molecule has 0 atom stereocenters. The Bertz CT molecular complexity index is 847. The number of carbonyl (C=O) groups is 2. The van der Waals surface area contributed by atoms with Crippen molar-refractivity contribution in [1.82, 2.24) is 4.90 Å². The van der Waals surface area contributed by atoms with E-state index in [-0.39, 0.29) is 30.3 Å². The fourth-order valence-corrected chi connectivity index (χ4v) is 3.40. The van der Waals surface area contributed by atoms with Crippen LogP contribution in [-0.4, -0.2) is 47.8 Å². The zero-order valence-electron chi connectivity index (χ0n) is 16.2. The molecule has 2 aromatic carbocycles. The van der Waals surface area contributed by atoms with Gasteiger partial charge in [0.25, 0.3) is 5.69 Å². The van der Waals surface area contributed by atoms with E-state index in [1.807, 2.05) is 23.1 Å². The molecule has 1 aliphatic rings. The first-order valence-corrected chi connectivity index (χ1v) is 9.71. The molecule has 0 spiro atoms. The minimum Gasteiger partial charge on any atom is -0.331 e. The van der Waals surface area contributed by atoms with Crippen LogP contribution in [-0.2, 0) is 16.1 Å². The molecule has 1 fully saturated rings. The quantitative estimate of drug-likeness (QED) is 0.543.